The summed E-state index contributed by atoms with van der Waals surface area (Å²) in [6, 6.07) is -1.16. The number of aromatic nitrogens is 1. The van der Waals surface area contributed by atoms with Crippen LogP contribution in [0, 0.1) is 0 Å². The molecular formula is C23H24N8O12S2. The second kappa shape index (κ2) is 11.9. The number of β-lactam (4-membered cyclic amide) rings is 1. The van der Waals surface area contributed by atoms with Gasteiger partial charge < -0.3 is 31.2 Å². The van der Waals surface area contributed by atoms with E-state index in [1.807, 2.05) is 0 Å². The van der Waals surface area contributed by atoms with Crippen LogP contribution in [0.5, 0.6) is 11.5 Å². The van der Waals surface area contributed by atoms with E-state index in [9.17, 15) is 52.5 Å². The summed E-state index contributed by atoms with van der Waals surface area (Å²) in [5.74, 6) is -5.66. The fourth-order valence-electron chi connectivity index (χ4n) is 3.70. The molecule has 1 atom stereocenters. The number of aromatic hydroxyl groups is 2. The number of phenolic OH excluding ortho intramolecular Hbond substituents is 2. The molecular weight excluding hydrogens is 644 g/mol. The van der Waals surface area contributed by atoms with Crippen LogP contribution in [-0.2, 0) is 29.4 Å². The minimum Gasteiger partial charge on any atom is -0.504 e. The van der Waals surface area contributed by atoms with Crippen LogP contribution in [0.4, 0.5) is 14.7 Å². The number of hydrogen-bond donors (Lipinski definition) is 6. The summed E-state index contributed by atoms with van der Waals surface area (Å²) in [4.78, 5) is 84.7. The number of thiazole rings is 1. The minimum absolute atomic E-state index is 0.0374. The van der Waals surface area contributed by atoms with Gasteiger partial charge >= 0.3 is 28.2 Å². The van der Waals surface area contributed by atoms with Crippen LogP contribution >= 0.6 is 11.3 Å². The second-order valence-corrected chi connectivity index (χ2v) is 12.3. The number of oxime groups is 1. The third-order valence-corrected chi connectivity index (χ3v) is 8.31. The Hall–Kier alpha value is -5.51. The fraction of sp³-hybridized carbons (Fsp3) is 0.304. The summed E-state index contributed by atoms with van der Waals surface area (Å²) >= 11 is 0.931. The molecule has 2 saturated heterocycles. The number of amides is 7. The molecule has 240 valence electrons. The fourth-order valence-corrected chi connectivity index (χ4v) is 5.32. The highest BCUT2D eigenvalue weighted by atomic mass is 32.2. The first-order valence-corrected chi connectivity index (χ1v) is 14.8. The first-order chi connectivity index (χ1) is 20.9. The first-order valence-electron chi connectivity index (χ1n) is 12.5. The third kappa shape index (κ3) is 6.54. The zero-order valence-corrected chi connectivity index (χ0v) is 24.8. The van der Waals surface area contributed by atoms with Crippen molar-refractivity contribution in [3.63, 3.8) is 0 Å². The molecule has 0 radical (unpaired) electrons. The Morgan fingerprint density at radius 1 is 1.13 bits per heavy atom. The number of urea groups is 2. The number of nitrogens with one attached hydrogen (secondary N) is 2. The molecule has 3 heterocycles. The molecule has 45 heavy (non-hydrogen) atoms. The van der Waals surface area contributed by atoms with Crippen molar-refractivity contribution >= 4 is 68.1 Å². The van der Waals surface area contributed by atoms with Crippen LogP contribution in [0.1, 0.15) is 29.9 Å². The summed E-state index contributed by atoms with van der Waals surface area (Å²) in [5, 5.41) is 35.4. The highest BCUT2D eigenvalue weighted by Gasteiger charge is 2.46. The number of carboxylic acids is 1. The maximum absolute atomic E-state index is 12.9. The van der Waals surface area contributed by atoms with Crippen molar-refractivity contribution < 1.29 is 57.3 Å². The lowest BCUT2D eigenvalue weighted by Crippen LogP contribution is -2.68. The van der Waals surface area contributed by atoms with Crippen molar-refractivity contribution in [3.8, 4) is 11.5 Å². The number of nitrogens with two attached hydrogens (primary N) is 1. The number of imide groups is 2. The Bertz CT molecular complexity index is 1760. The SMILES string of the molecule is CC(C)(ON=C(C(=O)N[C@H]1CN(C(=O)NS(=O)(=O)N2CCN(C(=O)c3ccc(O)c(O)c3)C2=O)C1=O)c1csc(N)n1)C(=O)O. The smallest absolute Gasteiger partial charge is 0.350 e. The van der Waals surface area contributed by atoms with Crippen LogP contribution in [0.25, 0.3) is 0 Å². The lowest BCUT2D eigenvalue weighted by Gasteiger charge is -2.36. The molecule has 22 heteroatoms. The van der Waals surface area contributed by atoms with E-state index in [-0.39, 0.29) is 20.7 Å². The van der Waals surface area contributed by atoms with Crippen LogP contribution in [-0.4, -0.2) is 116 Å². The number of carbonyl (C=O) groups excluding carboxylic acids is 5. The standard InChI is InChI=1S/C23H24N8O12S2/c1-23(2,19(37)38)43-27-15(12-9-44-20(24)26-12)16(34)25-11-8-30(18(11)36)21(39)28-45(41,42)31-6-5-29(22(31)40)17(35)10-3-4-13(32)14(33)7-10/h3-4,7,9,11,32-33H,5-6,8H2,1-2H3,(H2,24,26)(H,25,34)(H,28,39)(H,37,38)/t11-/m0/s1. The maximum Gasteiger partial charge on any atom is 0.350 e. The molecule has 4 rings (SSSR count). The molecule has 1 aromatic heterocycles. The predicted molar refractivity (Wildman–Crippen MR) is 150 cm³/mol. The molecule has 2 aliphatic heterocycles. The van der Waals surface area contributed by atoms with Gasteiger partial charge in [-0.2, -0.15) is 8.42 Å². The third-order valence-electron chi connectivity index (χ3n) is 6.28. The van der Waals surface area contributed by atoms with Crippen LogP contribution < -0.4 is 15.8 Å². The Labute approximate surface area is 256 Å². The number of nitrogens with zero attached hydrogens (tertiary/aromatic N) is 5. The van der Waals surface area contributed by atoms with E-state index in [0.717, 1.165) is 43.4 Å². The second-order valence-electron chi connectivity index (χ2n) is 9.82. The molecule has 7 amide bonds. The number of hydrogen-bond acceptors (Lipinski definition) is 15. The molecule has 0 unspecified atom stereocenters. The Balaban J connectivity index is 1.38. The Morgan fingerprint density at radius 2 is 1.82 bits per heavy atom. The van der Waals surface area contributed by atoms with Crippen LogP contribution in [0.3, 0.4) is 0 Å². The number of carboxylic acid groups (broad SMARTS) is 1. The summed E-state index contributed by atoms with van der Waals surface area (Å²) < 4.78 is 27.3. The van der Waals surface area contributed by atoms with Gasteiger partial charge in [-0.15, -0.1) is 11.3 Å². The lowest BCUT2D eigenvalue weighted by atomic mass is 10.1. The summed E-state index contributed by atoms with van der Waals surface area (Å²) in [7, 11) is -4.92. The maximum atomic E-state index is 12.9. The average molecular weight is 669 g/mol. The van der Waals surface area contributed by atoms with Gasteiger partial charge in [0.2, 0.25) is 5.60 Å². The van der Waals surface area contributed by atoms with Gasteiger partial charge in [0.15, 0.2) is 22.3 Å². The average Bonchev–Trinajstić information content (AvgIpc) is 3.56. The van der Waals surface area contributed by atoms with E-state index in [4.69, 9.17) is 10.6 Å². The lowest BCUT2D eigenvalue weighted by molar-refractivity contribution is -0.161. The molecule has 20 nitrogen and oxygen atoms in total. The van der Waals surface area contributed by atoms with E-state index in [2.05, 4.69) is 15.5 Å². The molecule has 2 aromatic rings. The summed E-state index contributed by atoms with van der Waals surface area (Å²) in [6.45, 7) is 0.857. The van der Waals surface area contributed by atoms with Crippen LogP contribution in [0.2, 0.25) is 0 Å². The van der Waals surface area contributed by atoms with Gasteiger partial charge in [-0.25, -0.2) is 28.4 Å². The zero-order chi connectivity index (χ0) is 33.4. The molecule has 2 fully saturated rings. The van der Waals surface area contributed by atoms with E-state index in [0.29, 0.717) is 9.80 Å². The van der Waals surface area contributed by atoms with Crippen molar-refractivity contribution in [2.24, 2.45) is 5.16 Å². The molecule has 0 aliphatic carbocycles. The van der Waals surface area contributed by atoms with Crippen molar-refractivity contribution in [1.82, 2.24) is 29.1 Å². The largest absolute Gasteiger partial charge is 0.504 e. The number of carbonyl (C=O) groups is 6. The van der Waals surface area contributed by atoms with Gasteiger partial charge in [0.05, 0.1) is 13.1 Å². The molecule has 7 N–H and O–H groups in total. The number of anilines is 1. The monoisotopic (exact) mass is 668 g/mol. The van der Waals surface area contributed by atoms with E-state index in [1.165, 1.54) is 5.38 Å². The normalized spacial score (nSPS) is 17.2. The molecule has 2 aliphatic rings. The van der Waals surface area contributed by atoms with E-state index >= 15 is 0 Å². The topological polar surface area (TPSA) is 292 Å². The van der Waals surface area contributed by atoms with Crippen molar-refractivity contribution in [2.75, 3.05) is 25.4 Å². The predicted octanol–water partition coefficient (Wildman–Crippen LogP) is -1.42. The minimum atomic E-state index is -4.92. The molecule has 1 aromatic carbocycles. The number of phenols is 2. The zero-order valence-electron chi connectivity index (χ0n) is 23.2. The van der Waals surface area contributed by atoms with Crippen molar-refractivity contribution in [1.29, 1.82) is 0 Å². The van der Waals surface area contributed by atoms with E-state index in [1.54, 1.807) is 4.72 Å². The molecule has 0 bridgehead atoms. The Kier molecular flexibility index (Phi) is 8.55. The number of benzene rings is 1. The van der Waals surface area contributed by atoms with E-state index < -0.39 is 94.5 Å². The number of nitrogen functional groups attached to an aromatic ring is 1. The summed E-state index contributed by atoms with van der Waals surface area (Å²) in [6.07, 6.45) is 0. The number of rotatable bonds is 9. The summed E-state index contributed by atoms with van der Waals surface area (Å²) in [5.41, 5.74) is 2.87. The number of likely N-dealkylation sites (tertiary alicyclic amines) is 1. The van der Waals surface area contributed by atoms with Gasteiger partial charge in [0.25, 0.3) is 17.7 Å². The highest BCUT2D eigenvalue weighted by molar-refractivity contribution is 7.88. The van der Waals surface area contributed by atoms with Gasteiger partial charge in [0, 0.05) is 17.5 Å². The van der Waals surface area contributed by atoms with Gasteiger partial charge in [0.1, 0.15) is 11.7 Å². The van der Waals surface area contributed by atoms with Crippen molar-refractivity contribution in [3.05, 3.63) is 34.8 Å². The quantitative estimate of drug-likeness (QED) is 0.0774. The van der Waals surface area contributed by atoms with Crippen LogP contribution in [0.15, 0.2) is 28.7 Å². The van der Waals surface area contributed by atoms with Gasteiger partial charge in [-0.1, -0.05) is 5.16 Å². The van der Waals surface area contributed by atoms with Gasteiger partial charge in [-0.05, 0) is 32.0 Å². The first kappa shape index (κ1) is 32.4. The highest BCUT2D eigenvalue weighted by Crippen LogP contribution is 2.26. The number of aliphatic carboxylic acids is 1. The van der Waals surface area contributed by atoms with Gasteiger partial charge in [-0.3, -0.25) is 24.2 Å². The molecule has 0 spiro atoms. The molecule has 0 saturated carbocycles. The Morgan fingerprint density at radius 3 is 2.40 bits per heavy atom. The van der Waals surface area contributed by atoms with Crippen molar-refractivity contribution in [2.45, 2.75) is 25.5 Å².